The summed E-state index contributed by atoms with van der Waals surface area (Å²) in [7, 11) is 0. The molecule has 3 nitrogen and oxygen atoms in total. The maximum absolute atomic E-state index is 5.63. The Balaban J connectivity index is 2.08. The van der Waals surface area contributed by atoms with Gasteiger partial charge in [-0.15, -0.1) is 0 Å². The Hall–Kier alpha value is -1.09. The third-order valence-electron chi connectivity index (χ3n) is 3.63. The molecular formula is C14H23N3. The van der Waals surface area contributed by atoms with Gasteiger partial charge in [-0.1, -0.05) is 13.3 Å². The number of aromatic nitrogens is 1. The average Bonchev–Trinajstić information content (AvgIpc) is 2.78. The predicted molar refractivity (Wildman–Crippen MR) is 72.1 cm³/mol. The van der Waals surface area contributed by atoms with E-state index in [1.165, 1.54) is 31.4 Å². The molecule has 0 aromatic carbocycles. The van der Waals surface area contributed by atoms with Gasteiger partial charge in [0.2, 0.25) is 0 Å². The molecule has 0 radical (unpaired) electrons. The molecule has 94 valence electrons. The van der Waals surface area contributed by atoms with Crippen molar-refractivity contribution in [2.75, 3.05) is 18.0 Å². The van der Waals surface area contributed by atoms with Crippen LogP contribution in [0.3, 0.4) is 0 Å². The zero-order valence-corrected chi connectivity index (χ0v) is 10.9. The first kappa shape index (κ1) is 12.4. The summed E-state index contributed by atoms with van der Waals surface area (Å²) in [5.41, 5.74) is 8.01. The topological polar surface area (TPSA) is 42.2 Å². The van der Waals surface area contributed by atoms with Crippen molar-refractivity contribution in [2.45, 2.75) is 39.7 Å². The quantitative estimate of drug-likeness (QED) is 0.868. The summed E-state index contributed by atoms with van der Waals surface area (Å²) in [6, 6.07) is 2.16. The summed E-state index contributed by atoms with van der Waals surface area (Å²) in [4.78, 5) is 7.00. The van der Waals surface area contributed by atoms with E-state index in [4.69, 9.17) is 5.73 Å². The number of hydrogen-bond donors (Lipinski definition) is 1. The van der Waals surface area contributed by atoms with E-state index in [2.05, 4.69) is 29.8 Å². The molecule has 1 aliphatic rings. The van der Waals surface area contributed by atoms with E-state index in [-0.39, 0.29) is 0 Å². The lowest BCUT2D eigenvalue weighted by atomic mass is 10.0. The van der Waals surface area contributed by atoms with Crippen molar-refractivity contribution in [1.82, 2.24) is 4.98 Å². The van der Waals surface area contributed by atoms with Gasteiger partial charge in [-0.25, -0.2) is 4.98 Å². The van der Waals surface area contributed by atoms with Gasteiger partial charge in [0.15, 0.2) is 0 Å². The Morgan fingerprint density at radius 1 is 1.53 bits per heavy atom. The number of nitrogens with zero attached hydrogens (tertiary/aromatic N) is 2. The van der Waals surface area contributed by atoms with Gasteiger partial charge in [-0.05, 0) is 42.9 Å². The van der Waals surface area contributed by atoms with Crippen LogP contribution in [0.5, 0.6) is 0 Å². The van der Waals surface area contributed by atoms with E-state index in [1.807, 2.05) is 6.20 Å². The second-order valence-corrected chi connectivity index (χ2v) is 5.08. The van der Waals surface area contributed by atoms with Crippen LogP contribution in [0, 0.1) is 12.8 Å². The van der Waals surface area contributed by atoms with Crippen LogP contribution < -0.4 is 10.6 Å². The molecule has 2 N–H and O–H groups in total. The fourth-order valence-corrected chi connectivity index (χ4v) is 2.74. The van der Waals surface area contributed by atoms with Crippen LogP contribution in [-0.4, -0.2) is 18.1 Å². The van der Waals surface area contributed by atoms with E-state index >= 15 is 0 Å². The molecule has 17 heavy (non-hydrogen) atoms. The molecule has 1 aromatic heterocycles. The summed E-state index contributed by atoms with van der Waals surface area (Å²) >= 11 is 0. The molecule has 1 atom stereocenters. The first-order valence-electron chi connectivity index (χ1n) is 6.65. The third-order valence-corrected chi connectivity index (χ3v) is 3.63. The fourth-order valence-electron chi connectivity index (χ4n) is 2.74. The molecule has 1 saturated heterocycles. The largest absolute Gasteiger partial charge is 0.356 e. The van der Waals surface area contributed by atoms with Crippen LogP contribution in [0.25, 0.3) is 0 Å². The molecule has 0 bridgehead atoms. The SMILES string of the molecule is CCCC1CCN(c2ncc(CN)cc2C)C1. The zero-order valence-electron chi connectivity index (χ0n) is 10.9. The number of rotatable bonds is 4. The second-order valence-electron chi connectivity index (χ2n) is 5.08. The van der Waals surface area contributed by atoms with Crippen LogP contribution in [0.1, 0.15) is 37.3 Å². The van der Waals surface area contributed by atoms with E-state index in [9.17, 15) is 0 Å². The molecule has 2 rings (SSSR count). The minimum Gasteiger partial charge on any atom is -0.356 e. The van der Waals surface area contributed by atoms with Gasteiger partial charge >= 0.3 is 0 Å². The van der Waals surface area contributed by atoms with Crippen molar-refractivity contribution in [1.29, 1.82) is 0 Å². The van der Waals surface area contributed by atoms with Crippen molar-refractivity contribution in [3.05, 3.63) is 23.4 Å². The standard InChI is InChI=1S/C14H23N3/c1-3-4-12-5-6-17(10-12)14-11(2)7-13(8-15)9-16-14/h7,9,12H,3-6,8,10,15H2,1-2H3. The molecule has 0 spiro atoms. The lowest BCUT2D eigenvalue weighted by molar-refractivity contribution is 0.529. The highest BCUT2D eigenvalue weighted by atomic mass is 15.2. The highest BCUT2D eigenvalue weighted by Crippen LogP contribution is 2.27. The van der Waals surface area contributed by atoms with Crippen LogP contribution in [0.15, 0.2) is 12.3 Å². The molecule has 1 aromatic rings. The fraction of sp³-hybridized carbons (Fsp3) is 0.643. The van der Waals surface area contributed by atoms with Gasteiger partial charge in [-0.3, -0.25) is 0 Å². The van der Waals surface area contributed by atoms with Gasteiger partial charge in [0, 0.05) is 25.8 Å². The summed E-state index contributed by atoms with van der Waals surface area (Å²) in [6.07, 6.45) is 5.86. The van der Waals surface area contributed by atoms with Crippen molar-refractivity contribution < 1.29 is 0 Å². The molecule has 0 saturated carbocycles. The lowest BCUT2D eigenvalue weighted by Crippen LogP contribution is -2.22. The molecular weight excluding hydrogens is 210 g/mol. The first-order valence-corrected chi connectivity index (χ1v) is 6.65. The van der Waals surface area contributed by atoms with Crippen molar-refractivity contribution in [3.63, 3.8) is 0 Å². The summed E-state index contributed by atoms with van der Waals surface area (Å²) in [5, 5.41) is 0. The molecule has 2 heterocycles. The number of anilines is 1. The highest BCUT2D eigenvalue weighted by Gasteiger charge is 2.23. The average molecular weight is 233 g/mol. The second kappa shape index (κ2) is 5.50. The molecule has 1 unspecified atom stereocenters. The maximum Gasteiger partial charge on any atom is 0.131 e. The van der Waals surface area contributed by atoms with Crippen LogP contribution in [0.2, 0.25) is 0 Å². The highest BCUT2D eigenvalue weighted by molar-refractivity contribution is 5.48. The van der Waals surface area contributed by atoms with Crippen LogP contribution >= 0.6 is 0 Å². The van der Waals surface area contributed by atoms with E-state index in [1.54, 1.807) is 0 Å². The number of aryl methyl sites for hydroxylation is 1. The number of nitrogens with two attached hydrogens (primary N) is 1. The minimum atomic E-state index is 0.576. The Morgan fingerprint density at radius 3 is 3.00 bits per heavy atom. The lowest BCUT2D eigenvalue weighted by Gasteiger charge is -2.20. The molecule has 1 aliphatic heterocycles. The van der Waals surface area contributed by atoms with Gasteiger partial charge < -0.3 is 10.6 Å². The Labute approximate surface area is 104 Å². The molecule has 3 heteroatoms. The van der Waals surface area contributed by atoms with Crippen LogP contribution in [-0.2, 0) is 6.54 Å². The van der Waals surface area contributed by atoms with Crippen LogP contribution in [0.4, 0.5) is 5.82 Å². The van der Waals surface area contributed by atoms with Gasteiger partial charge in [0.25, 0.3) is 0 Å². The summed E-state index contributed by atoms with van der Waals surface area (Å²) in [6.45, 7) is 7.30. The van der Waals surface area contributed by atoms with Crippen molar-refractivity contribution in [2.24, 2.45) is 11.7 Å². The maximum atomic E-state index is 5.63. The normalized spacial score (nSPS) is 19.9. The Morgan fingerprint density at radius 2 is 2.35 bits per heavy atom. The minimum absolute atomic E-state index is 0.576. The Kier molecular flexibility index (Phi) is 4.00. The first-order chi connectivity index (χ1) is 8.24. The van der Waals surface area contributed by atoms with E-state index in [0.717, 1.165) is 23.8 Å². The van der Waals surface area contributed by atoms with E-state index < -0.39 is 0 Å². The third kappa shape index (κ3) is 2.78. The molecule has 1 fully saturated rings. The van der Waals surface area contributed by atoms with E-state index in [0.29, 0.717) is 6.54 Å². The van der Waals surface area contributed by atoms with Crippen molar-refractivity contribution in [3.8, 4) is 0 Å². The predicted octanol–water partition coefficient (Wildman–Crippen LogP) is 2.48. The molecule has 0 aliphatic carbocycles. The monoisotopic (exact) mass is 233 g/mol. The van der Waals surface area contributed by atoms with Crippen molar-refractivity contribution >= 4 is 5.82 Å². The summed E-state index contributed by atoms with van der Waals surface area (Å²) in [5.74, 6) is 2.01. The van der Waals surface area contributed by atoms with Gasteiger partial charge in [-0.2, -0.15) is 0 Å². The van der Waals surface area contributed by atoms with Gasteiger partial charge in [0.05, 0.1) is 0 Å². The smallest absolute Gasteiger partial charge is 0.131 e. The number of hydrogen-bond acceptors (Lipinski definition) is 3. The number of pyridine rings is 1. The zero-order chi connectivity index (χ0) is 12.3. The van der Waals surface area contributed by atoms with Gasteiger partial charge in [0.1, 0.15) is 5.82 Å². The Bertz CT molecular complexity index is 376. The molecule has 0 amide bonds. The summed E-state index contributed by atoms with van der Waals surface area (Å²) < 4.78 is 0.